The van der Waals surface area contributed by atoms with E-state index >= 15 is 0 Å². The van der Waals surface area contributed by atoms with Crippen LogP contribution < -0.4 is 4.74 Å². The Bertz CT molecular complexity index is 1750. The highest BCUT2D eigenvalue weighted by molar-refractivity contribution is 5.92. The van der Waals surface area contributed by atoms with Crippen LogP contribution in [-0.4, -0.2) is 66.1 Å². The van der Waals surface area contributed by atoms with Gasteiger partial charge in [-0.25, -0.2) is 14.8 Å². The number of rotatable bonds is 9. The molecule has 10 heteroatoms. The van der Waals surface area contributed by atoms with Crippen molar-refractivity contribution in [2.45, 2.75) is 51.0 Å². The van der Waals surface area contributed by atoms with Crippen molar-refractivity contribution in [1.29, 1.82) is 0 Å². The first-order valence-electron chi connectivity index (χ1n) is 14.6. The molecule has 2 fully saturated rings. The quantitative estimate of drug-likeness (QED) is 0.272. The monoisotopic (exact) mass is 566 g/mol. The number of likely N-dealkylation sites (tertiary alicyclic amines) is 1. The van der Waals surface area contributed by atoms with Crippen molar-refractivity contribution in [2.75, 3.05) is 19.7 Å². The molecule has 0 amide bonds. The largest absolute Gasteiger partial charge is 0.478 e. The van der Waals surface area contributed by atoms with Gasteiger partial charge in [0.15, 0.2) is 0 Å². The van der Waals surface area contributed by atoms with E-state index in [-0.39, 0.29) is 11.7 Å². The maximum atomic E-state index is 11.6. The third-order valence-corrected chi connectivity index (χ3v) is 8.57. The van der Waals surface area contributed by atoms with E-state index in [1.807, 2.05) is 36.1 Å². The van der Waals surface area contributed by atoms with E-state index in [4.69, 9.17) is 19.4 Å². The summed E-state index contributed by atoms with van der Waals surface area (Å²) < 4.78 is 15.8. The van der Waals surface area contributed by atoms with Crippen LogP contribution in [0.15, 0.2) is 60.8 Å². The fourth-order valence-electron chi connectivity index (χ4n) is 6.05. The number of carbonyl (C=O) groups is 1. The van der Waals surface area contributed by atoms with Gasteiger partial charge in [-0.2, -0.15) is 5.10 Å². The smallest absolute Gasteiger partial charge is 0.335 e. The van der Waals surface area contributed by atoms with Gasteiger partial charge < -0.3 is 19.1 Å². The second kappa shape index (κ2) is 11.2. The predicted octanol–water partition coefficient (Wildman–Crippen LogP) is 4.76. The molecule has 2 aromatic carbocycles. The topological polar surface area (TPSA) is 108 Å². The van der Waals surface area contributed by atoms with E-state index < -0.39 is 5.97 Å². The van der Waals surface area contributed by atoms with Crippen LogP contribution in [0.3, 0.4) is 0 Å². The minimum atomic E-state index is -0.928. The number of aromatic nitrogens is 5. The molecule has 0 bridgehead atoms. The van der Waals surface area contributed by atoms with Crippen molar-refractivity contribution in [3.05, 3.63) is 83.4 Å². The zero-order chi connectivity index (χ0) is 28.6. The number of hydrogen-bond donors (Lipinski definition) is 1. The number of nitrogens with zero attached hydrogens (tertiary/aromatic N) is 6. The van der Waals surface area contributed by atoms with Crippen LogP contribution in [0.2, 0.25) is 0 Å². The van der Waals surface area contributed by atoms with Gasteiger partial charge in [0.1, 0.15) is 12.4 Å². The van der Waals surface area contributed by atoms with E-state index in [1.165, 1.54) is 0 Å². The fourth-order valence-corrected chi connectivity index (χ4v) is 6.05. The van der Waals surface area contributed by atoms with Gasteiger partial charge in [-0.3, -0.25) is 9.58 Å². The number of fused-ring (bicyclic) bond motifs is 2. The Morgan fingerprint density at radius 1 is 1.05 bits per heavy atom. The molecule has 3 aromatic heterocycles. The van der Waals surface area contributed by atoms with E-state index in [1.54, 1.807) is 12.1 Å². The third kappa shape index (κ3) is 5.35. The lowest BCUT2D eigenvalue weighted by molar-refractivity contribution is -0.0592. The Morgan fingerprint density at radius 3 is 2.69 bits per heavy atom. The van der Waals surface area contributed by atoms with Crippen LogP contribution in [0.25, 0.3) is 21.9 Å². The number of carboxylic acid groups (broad SMARTS) is 1. The highest BCUT2D eigenvalue weighted by Gasteiger charge is 2.26. The van der Waals surface area contributed by atoms with E-state index in [0.717, 1.165) is 78.0 Å². The first kappa shape index (κ1) is 26.6. The number of pyridine rings is 1. The lowest BCUT2D eigenvalue weighted by Crippen LogP contribution is -2.35. The van der Waals surface area contributed by atoms with Gasteiger partial charge in [0.25, 0.3) is 0 Å². The van der Waals surface area contributed by atoms with Gasteiger partial charge in [0.2, 0.25) is 5.88 Å². The number of imidazole rings is 1. The molecule has 0 aliphatic carbocycles. The summed E-state index contributed by atoms with van der Waals surface area (Å²) in [6.45, 7) is 4.52. The summed E-state index contributed by atoms with van der Waals surface area (Å²) in [4.78, 5) is 23.8. The second-order valence-corrected chi connectivity index (χ2v) is 11.3. The molecule has 42 heavy (non-hydrogen) atoms. The number of hydrogen-bond acceptors (Lipinski definition) is 7. The molecule has 0 unspecified atom stereocenters. The summed E-state index contributed by atoms with van der Waals surface area (Å²) in [5, 5.41) is 14.9. The number of ether oxygens (including phenoxy) is 2. The molecule has 0 spiro atoms. The Kier molecular flexibility index (Phi) is 7.09. The molecule has 2 aliphatic heterocycles. The Hall–Kier alpha value is -4.28. The van der Waals surface area contributed by atoms with Crippen molar-refractivity contribution >= 4 is 27.9 Å². The Balaban J connectivity index is 0.999. The molecule has 2 aliphatic rings. The van der Waals surface area contributed by atoms with Crippen molar-refractivity contribution in [2.24, 2.45) is 7.05 Å². The summed E-state index contributed by atoms with van der Waals surface area (Å²) in [7, 11) is 1.94. The van der Waals surface area contributed by atoms with Crippen molar-refractivity contribution in [3.8, 4) is 5.88 Å². The maximum absolute atomic E-state index is 11.6. The molecule has 0 saturated carbocycles. The first-order chi connectivity index (χ1) is 20.5. The van der Waals surface area contributed by atoms with E-state index in [9.17, 15) is 9.90 Å². The summed E-state index contributed by atoms with van der Waals surface area (Å²) in [6, 6.07) is 17.5. The first-order valence-corrected chi connectivity index (χ1v) is 14.6. The normalized spacial score (nSPS) is 18.0. The fraction of sp³-hybridized carbons (Fsp3) is 0.375. The molecule has 2 saturated heterocycles. The number of carboxylic acids is 1. The summed E-state index contributed by atoms with van der Waals surface area (Å²) in [5.74, 6) is 1.05. The average Bonchev–Trinajstić information content (AvgIpc) is 3.52. The van der Waals surface area contributed by atoms with E-state index in [2.05, 4.69) is 38.8 Å². The van der Waals surface area contributed by atoms with Crippen LogP contribution in [0, 0.1) is 0 Å². The second-order valence-electron chi connectivity index (χ2n) is 11.3. The summed E-state index contributed by atoms with van der Waals surface area (Å²) in [6.07, 6.45) is 5.04. The minimum absolute atomic E-state index is 0.152. The summed E-state index contributed by atoms with van der Waals surface area (Å²) >= 11 is 0. The van der Waals surface area contributed by atoms with Crippen molar-refractivity contribution < 1.29 is 19.4 Å². The molecule has 10 nitrogen and oxygen atoms in total. The standard InChI is InChI=1S/C32H34N6O4/c1-36-28-8-5-21(15-24(28)17-33-36)20-42-31-4-2-3-26(35-31)22-9-12-37(13-10-22)19-30-34-27-7-6-23(32(39)40)16-29(27)38(30)18-25-11-14-41-25/h2-8,15-17,22,25H,9-14,18-20H2,1H3,(H,39,40)/t25-/m0/s1. The van der Waals surface area contributed by atoms with Crippen LogP contribution >= 0.6 is 0 Å². The molecule has 5 heterocycles. The molecule has 1 N–H and O–H groups in total. The predicted molar refractivity (Wildman–Crippen MR) is 158 cm³/mol. The maximum Gasteiger partial charge on any atom is 0.335 e. The highest BCUT2D eigenvalue weighted by Crippen LogP contribution is 2.30. The number of aromatic carboxylic acids is 1. The van der Waals surface area contributed by atoms with E-state index in [0.29, 0.717) is 31.5 Å². The zero-order valence-electron chi connectivity index (χ0n) is 23.6. The van der Waals surface area contributed by atoms with Gasteiger partial charge in [0.05, 0.1) is 47.5 Å². The van der Waals surface area contributed by atoms with Crippen molar-refractivity contribution in [1.82, 2.24) is 29.2 Å². The molecule has 216 valence electrons. The van der Waals surface area contributed by atoms with Gasteiger partial charge in [-0.1, -0.05) is 12.1 Å². The van der Waals surface area contributed by atoms with Crippen LogP contribution in [0.5, 0.6) is 5.88 Å². The van der Waals surface area contributed by atoms with Gasteiger partial charge in [0, 0.05) is 36.7 Å². The summed E-state index contributed by atoms with van der Waals surface area (Å²) in [5.41, 5.74) is 5.22. The number of piperidine rings is 1. The van der Waals surface area contributed by atoms with Gasteiger partial charge in [-0.15, -0.1) is 0 Å². The van der Waals surface area contributed by atoms with Gasteiger partial charge in [-0.05, 0) is 74.3 Å². The minimum Gasteiger partial charge on any atom is -0.478 e. The number of benzene rings is 2. The Morgan fingerprint density at radius 2 is 1.90 bits per heavy atom. The third-order valence-electron chi connectivity index (χ3n) is 8.57. The van der Waals surface area contributed by atoms with Gasteiger partial charge >= 0.3 is 5.97 Å². The molecular formula is C32H34N6O4. The highest BCUT2D eigenvalue weighted by atomic mass is 16.5. The average molecular weight is 567 g/mol. The zero-order valence-corrected chi connectivity index (χ0v) is 23.6. The lowest BCUT2D eigenvalue weighted by Gasteiger charge is -2.32. The van der Waals surface area contributed by atoms with Crippen LogP contribution in [0.4, 0.5) is 0 Å². The Labute approximate surface area is 243 Å². The SMILES string of the molecule is Cn1ncc2cc(COc3cccc(C4CCN(Cc5nc6ccc(C(=O)O)cc6n5C[C@@H]5CCO5)CC4)n3)ccc21. The molecular weight excluding hydrogens is 532 g/mol. The molecule has 0 radical (unpaired) electrons. The molecule has 1 atom stereocenters. The van der Waals surface area contributed by atoms with Crippen molar-refractivity contribution in [3.63, 3.8) is 0 Å². The molecule has 5 aromatic rings. The van der Waals surface area contributed by atoms with Crippen LogP contribution in [-0.2, 0) is 31.5 Å². The number of aryl methyl sites for hydroxylation is 1. The molecule has 7 rings (SSSR count). The lowest BCUT2D eigenvalue weighted by atomic mass is 9.93. The van der Waals surface area contributed by atoms with Crippen LogP contribution in [0.1, 0.15) is 52.6 Å².